The van der Waals surface area contributed by atoms with E-state index in [0.717, 1.165) is 23.1 Å². The molecular weight excluding hydrogens is 534 g/mol. The molecule has 3 amide bonds. The van der Waals surface area contributed by atoms with Crippen molar-refractivity contribution in [2.24, 2.45) is 0 Å². The first kappa shape index (κ1) is 26.1. The van der Waals surface area contributed by atoms with E-state index in [2.05, 4.69) is 10.6 Å². The Bertz CT molecular complexity index is 1420. The summed E-state index contributed by atoms with van der Waals surface area (Å²) in [5, 5.41) is 4.74. The van der Waals surface area contributed by atoms with Gasteiger partial charge in [0.15, 0.2) is 0 Å². The number of hydrogen-bond donors (Lipinski definition) is 2. The normalized spacial score (nSPS) is 13.7. The maximum Gasteiger partial charge on any atom is 0.416 e. The van der Waals surface area contributed by atoms with Crippen molar-refractivity contribution in [3.63, 3.8) is 0 Å². The van der Waals surface area contributed by atoms with Gasteiger partial charge in [0.25, 0.3) is 17.7 Å². The Hall–Kier alpha value is -4.02. The number of nitrogens with one attached hydrogen (secondary N) is 2. The molecule has 2 N–H and O–H groups in total. The molecule has 0 aromatic heterocycles. The number of anilines is 3. The Balaban J connectivity index is 1.48. The molecule has 1 heterocycles. The first-order valence-electron chi connectivity index (χ1n) is 10.5. The first-order valence-corrected chi connectivity index (χ1v) is 11.2. The van der Waals surface area contributed by atoms with Crippen molar-refractivity contribution >= 4 is 58.0 Å². The third kappa shape index (κ3) is 5.40. The molecule has 0 saturated carbocycles. The van der Waals surface area contributed by atoms with Gasteiger partial charge in [0.1, 0.15) is 16.5 Å². The minimum Gasteiger partial charge on any atom is -0.497 e. The second kappa shape index (κ2) is 10.2. The molecule has 0 saturated heterocycles. The average molecular weight is 550 g/mol. The molecule has 4 rings (SSSR count). The number of carbonyl (C=O) groups excluding carboxylic acids is 3. The van der Waals surface area contributed by atoms with Crippen LogP contribution in [0.3, 0.4) is 0 Å². The summed E-state index contributed by atoms with van der Waals surface area (Å²) in [5.41, 5.74) is -0.584. The molecule has 1 aliphatic heterocycles. The van der Waals surface area contributed by atoms with E-state index in [-0.39, 0.29) is 27.0 Å². The van der Waals surface area contributed by atoms with Crippen LogP contribution < -0.4 is 20.3 Å². The molecule has 0 aliphatic carbocycles. The molecule has 0 unspecified atom stereocenters. The molecule has 3 aromatic rings. The van der Waals surface area contributed by atoms with Crippen LogP contribution in [0.15, 0.2) is 77.5 Å². The average Bonchev–Trinajstić information content (AvgIpc) is 3.08. The third-order valence-corrected chi connectivity index (χ3v) is 6.00. The second-order valence-corrected chi connectivity index (χ2v) is 8.47. The number of benzene rings is 3. The highest BCUT2D eigenvalue weighted by molar-refractivity contribution is 6.53. The third-order valence-electron chi connectivity index (χ3n) is 5.32. The summed E-state index contributed by atoms with van der Waals surface area (Å²) in [6.07, 6.45) is -4.60. The lowest BCUT2D eigenvalue weighted by Gasteiger charge is -2.15. The Morgan fingerprint density at radius 2 is 1.57 bits per heavy atom. The van der Waals surface area contributed by atoms with Crippen LogP contribution in [0.25, 0.3) is 0 Å². The molecule has 7 nitrogen and oxygen atoms in total. The maximum atomic E-state index is 13.0. The largest absolute Gasteiger partial charge is 0.497 e. The van der Waals surface area contributed by atoms with E-state index in [1.54, 1.807) is 12.1 Å². The van der Waals surface area contributed by atoms with Gasteiger partial charge in [0, 0.05) is 11.3 Å². The Labute approximate surface area is 218 Å². The summed E-state index contributed by atoms with van der Waals surface area (Å²) in [4.78, 5) is 39.0. The second-order valence-electron chi connectivity index (χ2n) is 7.68. The van der Waals surface area contributed by atoms with E-state index in [9.17, 15) is 27.6 Å². The Kier molecular flexibility index (Phi) is 7.15. The predicted molar refractivity (Wildman–Crippen MR) is 133 cm³/mol. The van der Waals surface area contributed by atoms with Crippen LogP contribution in [-0.2, 0) is 15.8 Å². The van der Waals surface area contributed by atoms with Crippen molar-refractivity contribution in [2.45, 2.75) is 6.18 Å². The van der Waals surface area contributed by atoms with Crippen molar-refractivity contribution < 1.29 is 32.3 Å². The number of hydrogen-bond acceptors (Lipinski definition) is 5. The van der Waals surface area contributed by atoms with Crippen LogP contribution in [0, 0.1) is 0 Å². The van der Waals surface area contributed by atoms with Crippen molar-refractivity contribution in [3.05, 3.63) is 93.6 Å². The quantitative estimate of drug-likeness (QED) is 0.365. The number of ether oxygens (including phenoxy) is 1. The Morgan fingerprint density at radius 1 is 0.919 bits per heavy atom. The lowest BCUT2D eigenvalue weighted by Crippen LogP contribution is -2.32. The summed E-state index contributed by atoms with van der Waals surface area (Å²) in [5.74, 6) is -1.56. The van der Waals surface area contributed by atoms with Crippen LogP contribution in [0.2, 0.25) is 5.02 Å². The maximum absolute atomic E-state index is 13.0. The molecule has 0 fully saturated rings. The van der Waals surface area contributed by atoms with Gasteiger partial charge in [0.05, 0.1) is 29.1 Å². The van der Waals surface area contributed by atoms with Crippen LogP contribution in [0.4, 0.5) is 30.2 Å². The van der Waals surface area contributed by atoms with Crippen molar-refractivity contribution in [1.82, 2.24) is 0 Å². The van der Waals surface area contributed by atoms with Gasteiger partial charge in [-0.05, 0) is 66.7 Å². The van der Waals surface area contributed by atoms with Crippen molar-refractivity contribution in [1.29, 1.82) is 0 Å². The number of alkyl halides is 3. The van der Waals surface area contributed by atoms with E-state index in [1.807, 2.05) is 0 Å². The number of methoxy groups -OCH3 is 1. The van der Waals surface area contributed by atoms with Gasteiger partial charge < -0.3 is 15.4 Å². The van der Waals surface area contributed by atoms with Gasteiger partial charge in [-0.2, -0.15) is 13.2 Å². The van der Waals surface area contributed by atoms with Crippen LogP contribution >= 0.6 is 23.2 Å². The lowest BCUT2D eigenvalue weighted by molar-refractivity contribution is -0.137. The van der Waals surface area contributed by atoms with Crippen molar-refractivity contribution in [2.75, 3.05) is 22.6 Å². The molecule has 3 aromatic carbocycles. The monoisotopic (exact) mass is 549 g/mol. The zero-order valence-corrected chi connectivity index (χ0v) is 20.3. The molecule has 0 bridgehead atoms. The van der Waals surface area contributed by atoms with Crippen molar-refractivity contribution in [3.8, 4) is 5.75 Å². The minimum absolute atomic E-state index is 0.0629. The standard InChI is InChI=1S/C25H16Cl2F3N3O4/c1-37-17-9-7-16(8-10-17)33-23(35)20(27)21(24(33)36)31-15-5-2-13(3-6-15)22(34)32-19-12-14(25(28,29)30)4-11-18(19)26/h2-12,31H,1H3,(H,32,34). The molecule has 0 atom stereocenters. The topological polar surface area (TPSA) is 87.7 Å². The van der Waals surface area contributed by atoms with Gasteiger partial charge in [-0.3, -0.25) is 14.4 Å². The fourth-order valence-corrected chi connectivity index (χ4v) is 3.80. The molecule has 37 heavy (non-hydrogen) atoms. The molecule has 190 valence electrons. The van der Waals surface area contributed by atoms with E-state index >= 15 is 0 Å². The highest BCUT2D eigenvalue weighted by atomic mass is 35.5. The molecule has 0 spiro atoms. The molecule has 0 radical (unpaired) electrons. The van der Waals surface area contributed by atoms with E-state index in [4.69, 9.17) is 27.9 Å². The minimum atomic E-state index is -4.60. The molecule has 1 aliphatic rings. The van der Waals surface area contributed by atoms with E-state index < -0.39 is 29.5 Å². The van der Waals surface area contributed by atoms with E-state index in [1.165, 1.54) is 43.5 Å². The first-order chi connectivity index (χ1) is 17.5. The predicted octanol–water partition coefficient (Wildman–Crippen LogP) is 6.06. The van der Waals surface area contributed by atoms with Gasteiger partial charge in [-0.1, -0.05) is 23.2 Å². The van der Waals surface area contributed by atoms with Crippen LogP contribution in [-0.4, -0.2) is 24.8 Å². The summed E-state index contributed by atoms with van der Waals surface area (Å²) >= 11 is 12.1. The number of nitrogens with zero attached hydrogens (tertiary/aromatic N) is 1. The number of halogens is 5. The zero-order chi connectivity index (χ0) is 26.9. The molecule has 12 heteroatoms. The summed E-state index contributed by atoms with van der Waals surface area (Å²) in [6, 6.07) is 14.5. The fourth-order valence-electron chi connectivity index (χ4n) is 3.42. The van der Waals surface area contributed by atoms with Gasteiger partial charge >= 0.3 is 6.18 Å². The van der Waals surface area contributed by atoms with Gasteiger partial charge in [-0.15, -0.1) is 0 Å². The van der Waals surface area contributed by atoms with Crippen LogP contribution in [0.5, 0.6) is 5.75 Å². The molecular formula is C25H16Cl2F3N3O4. The highest BCUT2D eigenvalue weighted by Crippen LogP contribution is 2.34. The number of imide groups is 1. The van der Waals surface area contributed by atoms with E-state index in [0.29, 0.717) is 17.1 Å². The number of amides is 3. The SMILES string of the molecule is COc1ccc(N2C(=O)C(Cl)=C(Nc3ccc(C(=O)Nc4cc(C(F)(F)F)ccc4Cl)cc3)C2=O)cc1. The highest BCUT2D eigenvalue weighted by Gasteiger charge is 2.39. The van der Waals surface area contributed by atoms with Crippen LogP contribution in [0.1, 0.15) is 15.9 Å². The van der Waals surface area contributed by atoms with Gasteiger partial charge in [0.2, 0.25) is 0 Å². The zero-order valence-electron chi connectivity index (χ0n) is 18.8. The lowest BCUT2D eigenvalue weighted by atomic mass is 10.1. The summed E-state index contributed by atoms with van der Waals surface area (Å²) < 4.78 is 44.0. The summed E-state index contributed by atoms with van der Waals surface area (Å²) in [7, 11) is 1.48. The fraction of sp³-hybridized carbons (Fsp3) is 0.0800. The summed E-state index contributed by atoms with van der Waals surface area (Å²) in [6.45, 7) is 0. The Morgan fingerprint density at radius 3 is 2.16 bits per heavy atom. The number of rotatable bonds is 6. The van der Waals surface area contributed by atoms with Gasteiger partial charge in [-0.25, -0.2) is 4.90 Å². The smallest absolute Gasteiger partial charge is 0.416 e. The number of carbonyl (C=O) groups is 3.